The van der Waals surface area contributed by atoms with Crippen molar-refractivity contribution in [3.63, 3.8) is 0 Å². The van der Waals surface area contributed by atoms with Crippen LogP contribution in [0.15, 0.2) is 17.5 Å². The number of carbonyl (C=O) groups excluding carboxylic acids is 2. The highest BCUT2D eigenvalue weighted by atomic mass is 35.5. The minimum absolute atomic E-state index is 0. The van der Waals surface area contributed by atoms with Gasteiger partial charge in [-0.1, -0.05) is 25.3 Å². The number of rotatable bonds is 7. The van der Waals surface area contributed by atoms with Crippen LogP contribution in [-0.4, -0.2) is 30.9 Å². The Morgan fingerprint density at radius 1 is 1.30 bits per heavy atom. The largest absolute Gasteiger partial charge is 0.352 e. The molecule has 0 aliphatic heterocycles. The van der Waals surface area contributed by atoms with Gasteiger partial charge in [-0.05, 0) is 30.2 Å². The molecule has 1 heterocycles. The average Bonchev–Trinajstić information content (AvgIpc) is 3.08. The van der Waals surface area contributed by atoms with Gasteiger partial charge in [-0.3, -0.25) is 9.59 Å². The van der Waals surface area contributed by atoms with Crippen molar-refractivity contribution in [2.24, 2.45) is 11.7 Å². The molecule has 2 rings (SSSR count). The number of carbonyl (C=O) groups is 2. The molecule has 1 saturated carbocycles. The highest BCUT2D eigenvalue weighted by molar-refractivity contribution is 7.12. The van der Waals surface area contributed by atoms with E-state index in [1.54, 1.807) is 6.07 Å². The van der Waals surface area contributed by atoms with Crippen LogP contribution >= 0.6 is 23.7 Å². The van der Waals surface area contributed by atoms with Crippen LogP contribution in [0.2, 0.25) is 0 Å². The molecule has 7 heteroatoms. The molecule has 0 bridgehead atoms. The standard InChI is InChI=1S/C16H25N3O2S.ClH/c17-11-13(12-5-2-1-3-6-12)19-15(20)8-9-18-16(21)14-7-4-10-22-14;/h4,7,10,12-13H,1-3,5-6,8-9,11,17H2,(H,18,21)(H,19,20);1H. The molecule has 2 amide bonds. The van der Waals surface area contributed by atoms with Crippen molar-refractivity contribution in [1.29, 1.82) is 0 Å². The monoisotopic (exact) mass is 359 g/mol. The van der Waals surface area contributed by atoms with Gasteiger partial charge in [0.1, 0.15) is 0 Å². The summed E-state index contributed by atoms with van der Waals surface area (Å²) in [6.07, 6.45) is 6.34. The minimum atomic E-state index is -0.120. The van der Waals surface area contributed by atoms with Crippen LogP contribution in [0, 0.1) is 5.92 Å². The zero-order valence-electron chi connectivity index (χ0n) is 13.3. The number of amides is 2. The predicted molar refractivity (Wildman–Crippen MR) is 96.1 cm³/mol. The summed E-state index contributed by atoms with van der Waals surface area (Å²) in [6, 6.07) is 3.68. The number of nitrogens with two attached hydrogens (primary N) is 1. The Morgan fingerprint density at radius 3 is 2.65 bits per heavy atom. The normalized spacial score (nSPS) is 16.2. The van der Waals surface area contributed by atoms with Crippen LogP contribution in [0.25, 0.3) is 0 Å². The zero-order chi connectivity index (χ0) is 15.8. The Balaban J connectivity index is 0.00000264. The van der Waals surface area contributed by atoms with E-state index in [-0.39, 0.29) is 30.3 Å². The van der Waals surface area contributed by atoms with E-state index in [0.29, 0.717) is 30.3 Å². The lowest BCUT2D eigenvalue weighted by Crippen LogP contribution is -2.46. The maximum Gasteiger partial charge on any atom is 0.261 e. The molecule has 5 nitrogen and oxygen atoms in total. The van der Waals surface area contributed by atoms with Gasteiger partial charge in [0.15, 0.2) is 0 Å². The lowest BCUT2D eigenvalue weighted by Gasteiger charge is -2.30. The molecule has 1 aromatic heterocycles. The summed E-state index contributed by atoms with van der Waals surface area (Å²) in [6.45, 7) is 0.836. The molecular formula is C16H26ClN3O2S. The van der Waals surface area contributed by atoms with Gasteiger partial charge in [0, 0.05) is 25.6 Å². The van der Waals surface area contributed by atoms with Gasteiger partial charge >= 0.3 is 0 Å². The van der Waals surface area contributed by atoms with Gasteiger partial charge in [0.05, 0.1) is 4.88 Å². The SMILES string of the molecule is Cl.NCC(NC(=O)CCNC(=O)c1cccs1)C1CCCCC1. The second kappa shape index (κ2) is 10.6. The summed E-state index contributed by atoms with van der Waals surface area (Å²) >= 11 is 1.39. The van der Waals surface area contributed by atoms with E-state index in [1.165, 1.54) is 30.6 Å². The van der Waals surface area contributed by atoms with Gasteiger partial charge in [0.2, 0.25) is 5.91 Å². The van der Waals surface area contributed by atoms with Gasteiger partial charge in [0.25, 0.3) is 5.91 Å². The van der Waals surface area contributed by atoms with E-state index in [2.05, 4.69) is 10.6 Å². The van der Waals surface area contributed by atoms with E-state index < -0.39 is 0 Å². The molecule has 1 atom stereocenters. The van der Waals surface area contributed by atoms with Crippen LogP contribution in [0.3, 0.4) is 0 Å². The molecule has 23 heavy (non-hydrogen) atoms. The zero-order valence-corrected chi connectivity index (χ0v) is 14.9. The Kier molecular flexibility index (Phi) is 9.21. The summed E-state index contributed by atoms with van der Waals surface area (Å²) < 4.78 is 0. The second-order valence-corrected chi connectivity index (χ2v) is 6.74. The topological polar surface area (TPSA) is 84.2 Å². The van der Waals surface area contributed by atoms with Crippen LogP contribution in [-0.2, 0) is 4.79 Å². The summed E-state index contributed by atoms with van der Waals surface area (Å²) in [4.78, 5) is 24.4. The molecule has 0 radical (unpaired) electrons. The van der Waals surface area contributed by atoms with Gasteiger partial charge in [-0.2, -0.15) is 0 Å². The molecule has 1 fully saturated rings. The van der Waals surface area contributed by atoms with Crippen LogP contribution < -0.4 is 16.4 Å². The lowest BCUT2D eigenvalue weighted by molar-refractivity contribution is -0.122. The van der Waals surface area contributed by atoms with Crippen LogP contribution in [0.4, 0.5) is 0 Å². The second-order valence-electron chi connectivity index (χ2n) is 5.79. The van der Waals surface area contributed by atoms with E-state index in [4.69, 9.17) is 5.73 Å². The molecule has 1 aliphatic carbocycles. The van der Waals surface area contributed by atoms with Crippen molar-refractivity contribution in [3.8, 4) is 0 Å². The molecule has 0 saturated heterocycles. The highest BCUT2D eigenvalue weighted by Crippen LogP contribution is 2.26. The molecule has 130 valence electrons. The number of halogens is 1. The third-order valence-corrected chi connectivity index (χ3v) is 5.07. The van der Waals surface area contributed by atoms with Crippen molar-refractivity contribution in [1.82, 2.24) is 10.6 Å². The maximum absolute atomic E-state index is 12.0. The summed E-state index contributed by atoms with van der Waals surface area (Å²) in [7, 11) is 0. The fraction of sp³-hybridized carbons (Fsp3) is 0.625. The van der Waals surface area contributed by atoms with E-state index in [9.17, 15) is 9.59 Å². The van der Waals surface area contributed by atoms with E-state index in [1.807, 2.05) is 11.4 Å². The number of hydrogen-bond acceptors (Lipinski definition) is 4. The third kappa shape index (κ3) is 6.49. The van der Waals surface area contributed by atoms with Crippen molar-refractivity contribution < 1.29 is 9.59 Å². The maximum atomic E-state index is 12.0. The molecule has 1 unspecified atom stereocenters. The quantitative estimate of drug-likeness (QED) is 0.698. The molecular weight excluding hydrogens is 334 g/mol. The van der Waals surface area contributed by atoms with Crippen molar-refractivity contribution in [3.05, 3.63) is 22.4 Å². The minimum Gasteiger partial charge on any atom is -0.352 e. The first-order chi connectivity index (χ1) is 10.7. The average molecular weight is 360 g/mol. The van der Waals surface area contributed by atoms with E-state index in [0.717, 1.165) is 12.8 Å². The lowest BCUT2D eigenvalue weighted by atomic mass is 9.84. The fourth-order valence-corrected chi connectivity index (χ4v) is 3.61. The fourth-order valence-electron chi connectivity index (χ4n) is 2.97. The molecule has 0 spiro atoms. The Labute approximate surface area is 147 Å². The highest BCUT2D eigenvalue weighted by Gasteiger charge is 2.23. The van der Waals surface area contributed by atoms with Crippen LogP contribution in [0.5, 0.6) is 0 Å². The molecule has 1 aromatic rings. The van der Waals surface area contributed by atoms with Crippen molar-refractivity contribution in [2.45, 2.75) is 44.6 Å². The predicted octanol–water partition coefficient (Wildman–Crippen LogP) is 2.31. The Hall–Kier alpha value is -1.11. The first kappa shape index (κ1) is 19.9. The molecule has 0 aromatic carbocycles. The molecule has 1 aliphatic rings. The number of hydrogen-bond donors (Lipinski definition) is 3. The summed E-state index contributed by atoms with van der Waals surface area (Å²) in [5.41, 5.74) is 5.81. The molecule has 4 N–H and O–H groups in total. The third-order valence-electron chi connectivity index (χ3n) is 4.20. The van der Waals surface area contributed by atoms with E-state index >= 15 is 0 Å². The number of nitrogens with one attached hydrogen (secondary N) is 2. The summed E-state index contributed by atoms with van der Waals surface area (Å²) in [5.74, 6) is 0.348. The van der Waals surface area contributed by atoms with Crippen molar-refractivity contribution >= 4 is 35.6 Å². The van der Waals surface area contributed by atoms with Gasteiger partial charge in [-0.25, -0.2) is 0 Å². The Bertz CT molecular complexity index is 476. The first-order valence-corrected chi connectivity index (χ1v) is 8.90. The number of thiophene rings is 1. The summed E-state index contributed by atoms with van der Waals surface area (Å²) in [5, 5.41) is 7.66. The van der Waals surface area contributed by atoms with Crippen LogP contribution in [0.1, 0.15) is 48.2 Å². The van der Waals surface area contributed by atoms with Gasteiger partial charge in [-0.15, -0.1) is 23.7 Å². The Morgan fingerprint density at radius 2 is 2.04 bits per heavy atom. The smallest absolute Gasteiger partial charge is 0.261 e. The van der Waals surface area contributed by atoms with Crippen molar-refractivity contribution in [2.75, 3.05) is 13.1 Å². The first-order valence-electron chi connectivity index (χ1n) is 8.02. The van der Waals surface area contributed by atoms with Gasteiger partial charge < -0.3 is 16.4 Å².